The normalized spacial score (nSPS) is 15.9. The Hall–Kier alpha value is -4.08. The summed E-state index contributed by atoms with van der Waals surface area (Å²) < 4.78 is 14.9. The maximum Gasteiger partial charge on any atom is 0.410 e. The summed E-state index contributed by atoms with van der Waals surface area (Å²) in [6, 6.07) is 9.91. The Kier molecular flexibility index (Phi) is 6.03. The number of imidazole rings is 1. The number of likely N-dealkylation sites (tertiary alicyclic amines) is 1. The molecule has 188 valence electrons. The van der Waals surface area contributed by atoms with Gasteiger partial charge in [0.15, 0.2) is 0 Å². The van der Waals surface area contributed by atoms with Crippen molar-refractivity contribution in [2.75, 3.05) is 25.5 Å². The lowest BCUT2D eigenvalue weighted by Crippen LogP contribution is -2.36. The molecule has 1 unspecified atom stereocenters. The van der Waals surface area contributed by atoms with Gasteiger partial charge >= 0.3 is 6.09 Å². The molecular formula is C26H31N7O3. The second kappa shape index (κ2) is 9.18. The number of benzene rings is 1. The van der Waals surface area contributed by atoms with Gasteiger partial charge in [-0.2, -0.15) is 5.10 Å². The van der Waals surface area contributed by atoms with E-state index in [1.165, 1.54) is 0 Å². The average molecular weight is 490 g/mol. The number of aryl methyl sites for hydroxylation is 1. The number of pyridine rings is 1. The highest BCUT2D eigenvalue weighted by molar-refractivity contribution is 5.87. The number of anilines is 1. The lowest BCUT2D eigenvalue weighted by molar-refractivity contribution is 0.0293. The molecule has 4 aromatic rings. The van der Waals surface area contributed by atoms with E-state index in [1.807, 2.05) is 75.1 Å². The number of methoxy groups -OCH3 is 1. The van der Waals surface area contributed by atoms with Crippen LogP contribution in [0.4, 0.5) is 10.6 Å². The van der Waals surface area contributed by atoms with Gasteiger partial charge < -0.3 is 19.7 Å². The lowest BCUT2D eigenvalue weighted by atomic mass is 10.1. The third-order valence-electron chi connectivity index (χ3n) is 6.06. The number of carbonyl (C=O) groups is 1. The first-order valence-corrected chi connectivity index (χ1v) is 12.0. The summed E-state index contributed by atoms with van der Waals surface area (Å²) in [6.07, 6.45) is 6.07. The number of hydrogen-bond donors (Lipinski definition) is 1. The minimum atomic E-state index is -0.506. The number of fused-ring (bicyclic) bond motifs is 1. The number of carbonyl (C=O) groups excluding carboxylic acids is 1. The summed E-state index contributed by atoms with van der Waals surface area (Å²) in [5, 5.41) is 7.74. The zero-order valence-corrected chi connectivity index (χ0v) is 21.2. The van der Waals surface area contributed by atoms with Crippen molar-refractivity contribution in [3.05, 3.63) is 49.1 Å². The Balaban J connectivity index is 1.36. The molecule has 1 aliphatic rings. The van der Waals surface area contributed by atoms with Crippen molar-refractivity contribution in [3.63, 3.8) is 0 Å². The van der Waals surface area contributed by atoms with Crippen LogP contribution in [0, 0.1) is 0 Å². The van der Waals surface area contributed by atoms with Crippen LogP contribution in [0.1, 0.15) is 27.2 Å². The average Bonchev–Trinajstić information content (AvgIpc) is 3.57. The predicted molar refractivity (Wildman–Crippen MR) is 137 cm³/mol. The largest absolute Gasteiger partial charge is 0.496 e. The number of ether oxygens (including phenoxy) is 2. The third-order valence-corrected chi connectivity index (χ3v) is 6.06. The molecule has 36 heavy (non-hydrogen) atoms. The van der Waals surface area contributed by atoms with Gasteiger partial charge in [-0.25, -0.2) is 14.8 Å². The molecule has 3 aromatic heterocycles. The van der Waals surface area contributed by atoms with Crippen molar-refractivity contribution in [1.29, 1.82) is 0 Å². The maximum absolute atomic E-state index is 12.4. The summed E-state index contributed by atoms with van der Waals surface area (Å²) in [4.78, 5) is 23.6. The van der Waals surface area contributed by atoms with Crippen LogP contribution in [0.2, 0.25) is 0 Å². The molecule has 1 N–H and O–H groups in total. The minimum absolute atomic E-state index is 0.0990. The van der Waals surface area contributed by atoms with Gasteiger partial charge in [-0.3, -0.25) is 9.25 Å². The molecule has 1 amide bonds. The highest BCUT2D eigenvalue weighted by atomic mass is 16.6. The van der Waals surface area contributed by atoms with Gasteiger partial charge in [0.1, 0.15) is 29.3 Å². The van der Waals surface area contributed by atoms with Gasteiger partial charge in [0.05, 0.1) is 24.3 Å². The first-order valence-electron chi connectivity index (χ1n) is 12.0. The van der Waals surface area contributed by atoms with Crippen molar-refractivity contribution >= 4 is 22.9 Å². The van der Waals surface area contributed by atoms with E-state index < -0.39 is 5.60 Å². The topological polar surface area (TPSA) is 99.3 Å². The molecule has 5 rings (SSSR count). The summed E-state index contributed by atoms with van der Waals surface area (Å²) in [6.45, 7) is 6.85. The fraction of sp³-hybridized carbons (Fsp3) is 0.385. The van der Waals surface area contributed by atoms with Gasteiger partial charge in [0.25, 0.3) is 0 Å². The number of hydrogen-bond acceptors (Lipinski definition) is 7. The molecule has 0 bridgehead atoms. The van der Waals surface area contributed by atoms with Crippen LogP contribution in [-0.4, -0.2) is 67.2 Å². The fourth-order valence-electron chi connectivity index (χ4n) is 4.39. The zero-order valence-electron chi connectivity index (χ0n) is 21.2. The van der Waals surface area contributed by atoms with Crippen molar-refractivity contribution in [2.45, 2.75) is 38.8 Å². The molecule has 1 aromatic carbocycles. The Morgan fingerprint density at radius 2 is 2.06 bits per heavy atom. The molecule has 1 atom stereocenters. The van der Waals surface area contributed by atoms with Crippen LogP contribution in [0.3, 0.4) is 0 Å². The van der Waals surface area contributed by atoms with Gasteiger partial charge in [-0.15, -0.1) is 0 Å². The van der Waals surface area contributed by atoms with E-state index in [1.54, 1.807) is 23.0 Å². The van der Waals surface area contributed by atoms with Crippen molar-refractivity contribution in [3.8, 4) is 22.7 Å². The fourth-order valence-corrected chi connectivity index (χ4v) is 4.39. The molecular weight excluding hydrogens is 458 g/mol. The van der Waals surface area contributed by atoms with E-state index in [2.05, 4.69) is 15.4 Å². The molecule has 0 saturated carbocycles. The van der Waals surface area contributed by atoms with Gasteiger partial charge in [0, 0.05) is 49.6 Å². The second-order valence-corrected chi connectivity index (χ2v) is 10.00. The van der Waals surface area contributed by atoms with E-state index in [0.717, 1.165) is 46.0 Å². The van der Waals surface area contributed by atoms with Crippen molar-refractivity contribution in [2.24, 2.45) is 7.05 Å². The van der Waals surface area contributed by atoms with E-state index in [-0.39, 0.29) is 12.1 Å². The molecule has 10 nitrogen and oxygen atoms in total. The standard InChI is InChI=1S/C26H31N7O3/c1-26(2,3)36-25(34)32-10-9-18(15-32)29-23-7-6-8-24(30-23)33-16-27-20-11-19(17-13-28-31(4)14-17)22(35-5)12-21(20)33/h6-8,11-14,16,18H,9-10,15H2,1-5H3,(H,29,30). The van der Waals surface area contributed by atoms with E-state index in [0.29, 0.717) is 13.1 Å². The number of amides is 1. The zero-order chi connectivity index (χ0) is 25.4. The molecule has 1 aliphatic heterocycles. The Bertz CT molecular complexity index is 1400. The first-order chi connectivity index (χ1) is 17.2. The van der Waals surface area contributed by atoms with Gasteiger partial charge in [-0.1, -0.05) is 6.07 Å². The summed E-state index contributed by atoms with van der Waals surface area (Å²) in [5.41, 5.74) is 3.11. The molecule has 10 heteroatoms. The summed E-state index contributed by atoms with van der Waals surface area (Å²) >= 11 is 0. The van der Waals surface area contributed by atoms with E-state index >= 15 is 0 Å². The molecule has 0 radical (unpaired) electrons. The van der Waals surface area contributed by atoms with Crippen LogP contribution in [-0.2, 0) is 11.8 Å². The smallest absolute Gasteiger partial charge is 0.410 e. The summed E-state index contributed by atoms with van der Waals surface area (Å²) in [7, 11) is 3.54. The highest BCUT2D eigenvalue weighted by Crippen LogP contribution is 2.34. The second-order valence-electron chi connectivity index (χ2n) is 10.00. The molecule has 0 spiro atoms. The number of aromatic nitrogens is 5. The van der Waals surface area contributed by atoms with Crippen LogP contribution in [0.15, 0.2) is 49.1 Å². The van der Waals surface area contributed by atoms with Gasteiger partial charge in [0.2, 0.25) is 0 Å². The Labute approximate surface area is 209 Å². The Morgan fingerprint density at radius 3 is 2.78 bits per heavy atom. The number of rotatable bonds is 5. The van der Waals surface area contributed by atoms with E-state index in [4.69, 9.17) is 14.5 Å². The van der Waals surface area contributed by atoms with Crippen LogP contribution >= 0.6 is 0 Å². The molecule has 4 heterocycles. The predicted octanol–water partition coefficient (Wildman–Crippen LogP) is 4.25. The molecule has 1 saturated heterocycles. The third kappa shape index (κ3) is 4.84. The monoisotopic (exact) mass is 489 g/mol. The van der Waals surface area contributed by atoms with Crippen LogP contribution in [0.25, 0.3) is 28.0 Å². The maximum atomic E-state index is 12.4. The number of nitrogens with zero attached hydrogens (tertiary/aromatic N) is 6. The van der Waals surface area contributed by atoms with Crippen molar-refractivity contribution in [1.82, 2.24) is 29.2 Å². The first kappa shape index (κ1) is 23.7. The summed E-state index contributed by atoms with van der Waals surface area (Å²) in [5.74, 6) is 2.21. The SMILES string of the molecule is COc1cc2c(cc1-c1cnn(C)c1)ncn2-c1cccc(NC2CCN(C(=O)OC(C)(C)C)C2)n1. The van der Waals surface area contributed by atoms with Gasteiger partial charge in [-0.05, 0) is 45.4 Å². The lowest BCUT2D eigenvalue weighted by Gasteiger charge is -2.24. The van der Waals surface area contributed by atoms with Crippen molar-refractivity contribution < 1.29 is 14.3 Å². The Morgan fingerprint density at radius 1 is 1.22 bits per heavy atom. The van der Waals surface area contributed by atoms with Crippen LogP contribution in [0.5, 0.6) is 5.75 Å². The quantitative estimate of drug-likeness (QED) is 0.447. The van der Waals surface area contributed by atoms with E-state index in [9.17, 15) is 4.79 Å². The molecule has 0 aliphatic carbocycles. The minimum Gasteiger partial charge on any atom is -0.496 e. The molecule has 1 fully saturated rings. The number of nitrogens with one attached hydrogen (secondary N) is 1. The van der Waals surface area contributed by atoms with Crippen LogP contribution < -0.4 is 10.1 Å². The highest BCUT2D eigenvalue weighted by Gasteiger charge is 2.30.